The highest BCUT2D eigenvalue weighted by atomic mass is 19.1. The van der Waals surface area contributed by atoms with E-state index in [1.165, 1.54) is 6.20 Å². The summed E-state index contributed by atoms with van der Waals surface area (Å²) in [6.45, 7) is 2.18. The van der Waals surface area contributed by atoms with Gasteiger partial charge in [0.05, 0.1) is 17.4 Å². The standard InChI is InChI=1S/C25H26F2N2O/c1-24-9-6-18-17-3-2-16(13-28)23(27)20(17)5-4-19(18)21(24)7-10-25(24,30)12-15-8-11-29-14-22(15)26/h2-3,8,11,14,18-19,21,30H,4-7,9-10,12H2,1H3/t18?,19?,21?,24-,25+/m0/s1. The Morgan fingerprint density at radius 3 is 2.80 bits per heavy atom. The van der Waals surface area contributed by atoms with Crippen molar-refractivity contribution >= 4 is 0 Å². The SMILES string of the molecule is C[C@]12CCC3c4ccc(C#N)c(F)c4CCC3C1CC[C@@]2(O)Cc1ccncc1F. The van der Waals surface area contributed by atoms with Crippen molar-refractivity contribution in [2.75, 3.05) is 0 Å². The van der Waals surface area contributed by atoms with Gasteiger partial charge in [-0.25, -0.2) is 8.78 Å². The Morgan fingerprint density at radius 2 is 2.03 bits per heavy atom. The van der Waals surface area contributed by atoms with Crippen LogP contribution in [0.4, 0.5) is 8.78 Å². The Hall–Kier alpha value is -2.32. The first-order valence-electron chi connectivity index (χ1n) is 10.9. The molecule has 1 aromatic carbocycles. The van der Waals surface area contributed by atoms with Crippen molar-refractivity contribution in [2.45, 2.75) is 63.4 Å². The van der Waals surface area contributed by atoms with Gasteiger partial charge in [-0.3, -0.25) is 4.98 Å². The molecule has 0 aliphatic heterocycles. The molecule has 5 atom stereocenters. The number of fused-ring (bicyclic) bond motifs is 5. The molecule has 30 heavy (non-hydrogen) atoms. The van der Waals surface area contributed by atoms with E-state index in [0.29, 0.717) is 42.2 Å². The minimum atomic E-state index is -0.943. The molecule has 3 nitrogen and oxygen atoms in total. The lowest BCUT2D eigenvalue weighted by Crippen LogP contribution is -2.52. The lowest BCUT2D eigenvalue weighted by molar-refractivity contribution is -0.102. The van der Waals surface area contributed by atoms with E-state index in [9.17, 15) is 13.9 Å². The largest absolute Gasteiger partial charge is 0.389 e. The van der Waals surface area contributed by atoms with Crippen LogP contribution in [0.1, 0.15) is 67.2 Å². The molecule has 0 saturated heterocycles. The second-order valence-corrected chi connectivity index (χ2v) is 9.69. The quantitative estimate of drug-likeness (QED) is 0.756. The van der Waals surface area contributed by atoms with Crippen molar-refractivity contribution in [3.8, 4) is 6.07 Å². The number of hydrogen-bond acceptors (Lipinski definition) is 3. The Labute approximate surface area is 175 Å². The van der Waals surface area contributed by atoms with Gasteiger partial charge in [0.25, 0.3) is 0 Å². The van der Waals surface area contributed by atoms with Crippen LogP contribution in [0, 0.1) is 40.2 Å². The summed E-state index contributed by atoms with van der Waals surface area (Å²) in [5.41, 5.74) is 1.19. The molecule has 1 N–H and O–H groups in total. The first-order valence-corrected chi connectivity index (χ1v) is 10.9. The second kappa shape index (κ2) is 6.85. The first kappa shape index (κ1) is 19.6. The van der Waals surface area contributed by atoms with Crippen molar-refractivity contribution in [2.24, 2.45) is 17.3 Å². The summed E-state index contributed by atoms with van der Waals surface area (Å²) in [5, 5.41) is 20.9. The van der Waals surface area contributed by atoms with E-state index in [4.69, 9.17) is 5.26 Å². The molecule has 0 radical (unpaired) electrons. The van der Waals surface area contributed by atoms with Crippen LogP contribution in [0.15, 0.2) is 30.6 Å². The summed E-state index contributed by atoms with van der Waals surface area (Å²) >= 11 is 0. The molecule has 5 heteroatoms. The molecular weight excluding hydrogens is 382 g/mol. The van der Waals surface area contributed by atoms with Gasteiger partial charge in [-0.15, -0.1) is 0 Å². The normalized spacial score (nSPS) is 34.6. The number of pyridine rings is 1. The van der Waals surface area contributed by atoms with Gasteiger partial charge in [0.2, 0.25) is 0 Å². The molecule has 1 heterocycles. The van der Waals surface area contributed by atoms with Gasteiger partial charge in [-0.1, -0.05) is 13.0 Å². The Kier molecular flexibility index (Phi) is 4.48. The minimum Gasteiger partial charge on any atom is -0.389 e. The zero-order valence-electron chi connectivity index (χ0n) is 17.2. The van der Waals surface area contributed by atoms with Crippen LogP contribution in [0.2, 0.25) is 0 Å². The molecular formula is C25H26F2N2O. The monoisotopic (exact) mass is 408 g/mol. The summed E-state index contributed by atoms with van der Waals surface area (Å²) in [4.78, 5) is 3.83. The van der Waals surface area contributed by atoms with Gasteiger partial charge in [0.1, 0.15) is 17.7 Å². The summed E-state index contributed by atoms with van der Waals surface area (Å²) in [6, 6.07) is 7.19. The van der Waals surface area contributed by atoms with Crippen LogP contribution in [0.3, 0.4) is 0 Å². The lowest BCUT2D eigenvalue weighted by atomic mass is 9.52. The third-order valence-corrected chi connectivity index (χ3v) is 8.63. The van der Waals surface area contributed by atoms with E-state index < -0.39 is 5.60 Å². The maximum atomic E-state index is 14.8. The van der Waals surface area contributed by atoms with Crippen molar-refractivity contribution in [3.63, 3.8) is 0 Å². The van der Waals surface area contributed by atoms with Crippen LogP contribution in [0.25, 0.3) is 0 Å². The molecule has 2 fully saturated rings. The van der Waals surface area contributed by atoms with Crippen molar-refractivity contribution < 1.29 is 13.9 Å². The number of aliphatic hydroxyl groups is 1. The van der Waals surface area contributed by atoms with Gasteiger partial charge >= 0.3 is 0 Å². The van der Waals surface area contributed by atoms with Crippen LogP contribution < -0.4 is 0 Å². The number of rotatable bonds is 2. The number of hydrogen-bond donors (Lipinski definition) is 1. The number of nitriles is 1. The molecule has 3 aliphatic rings. The zero-order chi connectivity index (χ0) is 21.1. The fourth-order valence-electron chi connectivity index (χ4n) is 6.97. The first-order chi connectivity index (χ1) is 14.4. The maximum Gasteiger partial charge on any atom is 0.144 e. The van der Waals surface area contributed by atoms with E-state index >= 15 is 0 Å². The third kappa shape index (κ3) is 2.66. The summed E-state index contributed by atoms with van der Waals surface area (Å²) in [5.74, 6) is 0.284. The lowest BCUT2D eigenvalue weighted by Gasteiger charge is -2.53. The fraction of sp³-hybridized carbons (Fsp3) is 0.520. The predicted molar refractivity (Wildman–Crippen MR) is 109 cm³/mol. The summed E-state index contributed by atoms with van der Waals surface area (Å²) in [7, 11) is 0. The maximum absolute atomic E-state index is 14.8. The molecule has 0 spiro atoms. The van der Waals surface area contributed by atoms with Gasteiger partial charge in [-0.05, 0) is 90.5 Å². The topological polar surface area (TPSA) is 56.9 Å². The molecule has 1 aromatic heterocycles. The number of halogens is 2. The number of nitrogens with zero attached hydrogens (tertiary/aromatic N) is 2. The van der Waals surface area contributed by atoms with E-state index in [1.54, 1.807) is 18.3 Å². The van der Waals surface area contributed by atoms with Crippen LogP contribution in [-0.2, 0) is 12.8 Å². The molecule has 2 aromatic rings. The second-order valence-electron chi connectivity index (χ2n) is 9.69. The van der Waals surface area contributed by atoms with E-state index in [0.717, 1.165) is 31.2 Å². The molecule has 3 aliphatic carbocycles. The van der Waals surface area contributed by atoms with Crippen molar-refractivity contribution in [1.29, 1.82) is 5.26 Å². The highest BCUT2D eigenvalue weighted by Gasteiger charge is 2.61. The smallest absolute Gasteiger partial charge is 0.144 e. The Bertz CT molecular complexity index is 1050. The molecule has 5 rings (SSSR count). The molecule has 3 unspecified atom stereocenters. The van der Waals surface area contributed by atoms with E-state index in [-0.39, 0.29) is 28.5 Å². The average molecular weight is 408 g/mol. The zero-order valence-corrected chi connectivity index (χ0v) is 17.2. The van der Waals surface area contributed by atoms with E-state index in [2.05, 4.69) is 11.9 Å². The number of benzene rings is 1. The summed E-state index contributed by atoms with van der Waals surface area (Å²) < 4.78 is 29.0. The molecule has 0 amide bonds. The molecule has 156 valence electrons. The Morgan fingerprint density at radius 1 is 1.20 bits per heavy atom. The summed E-state index contributed by atoms with van der Waals surface area (Å²) in [6.07, 6.45) is 7.92. The van der Waals surface area contributed by atoms with Gasteiger partial charge in [0, 0.05) is 12.6 Å². The van der Waals surface area contributed by atoms with Crippen molar-refractivity contribution in [1.82, 2.24) is 4.98 Å². The highest BCUT2D eigenvalue weighted by molar-refractivity contribution is 5.44. The van der Waals surface area contributed by atoms with Crippen molar-refractivity contribution in [3.05, 3.63) is 64.5 Å². The molecule has 2 saturated carbocycles. The molecule has 0 bridgehead atoms. The predicted octanol–water partition coefficient (Wildman–Crippen LogP) is 5.06. The van der Waals surface area contributed by atoms with Crippen LogP contribution >= 0.6 is 0 Å². The Balaban J connectivity index is 1.47. The minimum absolute atomic E-state index is 0.127. The van der Waals surface area contributed by atoms with Crippen LogP contribution in [-0.4, -0.2) is 15.7 Å². The average Bonchev–Trinajstić information content (AvgIpc) is 3.01. The number of aromatic nitrogens is 1. The highest BCUT2D eigenvalue weighted by Crippen LogP contribution is 2.65. The van der Waals surface area contributed by atoms with E-state index in [1.807, 2.05) is 12.1 Å². The van der Waals surface area contributed by atoms with Gasteiger partial charge in [-0.2, -0.15) is 5.26 Å². The van der Waals surface area contributed by atoms with Gasteiger partial charge in [0.15, 0.2) is 0 Å². The van der Waals surface area contributed by atoms with Gasteiger partial charge < -0.3 is 5.11 Å². The third-order valence-electron chi connectivity index (χ3n) is 8.63. The van der Waals surface area contributed by atoms with Crippen LogP contribution in [0.5, 0.6) is 0 Å². The fourth-order valence-corrected chi connectivity index (χ4v) is 6.97.